The number of methoxy groups -OCH3 is 1. The van der Waals surface area contributed by atoms with Crippen molar-refractivity contribution in [3.8, 4) is 5.75 Å². The molecule has 0 atom stereocenters. The summed E-state index contributed by atoms with van der Waals surface area (Å²) >= 11 is 0. The van der Waals surface area contributed by atoms with Crippen molar-refractivity contribution in [2.45, 2.75) is 39.2 Å². The Labute approximate surface area is 219 Å². The fourth-order valence-corrected chi connectivity index (χ4v) is 4.35. The van der Waals surface area contributed by atoms with Gasteiger partial charge in [0, 0.05) is 24.8 Å². The molecule has 0 N–H and O–H groups in total. The minimum absolute atomic E-state index is 0.00933. The molecule has 4 rings (SSSR count). The van der Waals surface area contributed by atoms with Crippen LogP contribution in [0, 0.1) is 5.92 Å². The molecule has 2 aromatic carbocycles. The minimum Gasteiger partial charge on any atom is -0.497 e. The quantitative estimate of drug-likeness (QED) is 0.352. The van der Waals surface area contributed by atoms with Crippen molar-refractivity contribution in [2.75, 3.05) is 43.2 Å². The number of anilines is 4. The fourth-order valence-electron chi connectivity index (χ4n) is 4.35. The zero-order valence-electron chi connectivity index (χ0n) is 22.1. The summed E-state index contributed by atoms with van der Waals surface area (Å²) in [6.45, 7) is 7.81. The van der Waals surface area contributed by atoms with Crippen LogP contribution in [0.5, 0.6) is 5.75 Å². The Morgan fingerprint density at radius 3 is 2.46 bits per heavy atom. The van der Waals surface area contributed by atoms with Gasteiger partial charge >= 0.3 is 5.97 Å². The third kappa shape index (κ3) is 7.43. The molecule has 1 aliphatic heterocycles. The van der Waals surface area contributed by atoms with Gasteiger partial charge in [0.1, 0.15) is 23.8 Å². The van der Waals surface area contributed by atoms with E-state index in [0.29, 0.717) is 12.5 Å². The lowest BCUT2D eigenvalue weighted by Crippen LogP contribution is -2.36. The second-order valence-corrected chi connectivity index (χ2v) is 10.1. The largest absolute Gasteiger partial charge is 0.497 e. The first-order valence-electron chi connectivity index (χ1n) is 12.7. The van der Waals surface area contributed by atoms with Crippen LogP contribution in [0.25, 0.3) is 0 Å². The molecule has 1 aromatic heterocycles. The van der Waals surface area contributed by atoms with Crippen molar-refractivity contribution in [3.63, 3.8) is 0 Å². The van der Waals surface area contributed by atoms with E-state index in [2.05, 4.69) is 26.9 Å². The molecule has 0 amide bonds. The smallest absolute Gasteiger partial charge is 0.332 e. The van der Waals surface area contributed by atoms with Gasteiger partial charge in [0.15, 0.2) is 5.82 Å². The van der Waals surface area contributed by atoms with Gasteiger partial charge in [0.05, 0.1) is 31.8 Å². The van der Waals surface area contributed by atoms with Crippen LogP contribution in [0.15, 0.2) is 67.0 Å². The number of carbonyl (C=O) groups is 1. The summed E-state index contributed by atoms with van der Waals surface area (Å²) in [5.41, 5.74) is 1.44. The zero-order valence-corrected chi connectivity index (χ0v) is 22.1. The van der Waals surface area contributed by atoms with E-state index in [0.717, 1.165) is 54.7 Å². The van der Waals surface area contributed by atoms with Crippen molar-refractivity contribution in [1.29, 1.82) is 0 Å². The fraction of sp³-hybridized carbons (Fsp3) is 0.414. The summed E-state index contributed by atoms with van der Waals surface area (Å²) < 4.78 is 16.4. The third-order valence-electron chi connectivity index (χ3n) is 6.10. The van der Waals surface area contributed by atoms with E-state index >= 15 is 0 Å². The molecule has 0 unspecified atom stereocenters. The number of rotatable bonds is 9. The number of aromatic nitrogens is 2. The molecular weight excluding hydrogens is 468 g/mol. The lowest BCUT2D eigenvalue weighted by Gasteiger charge is -2.33. The van der Waals surface area contributed by atoms with Crippen molar-refractivity contribution in [2.24, 2.45) is 5.92 Å². The van der Waals surface area contributed by atoms with Crippen LogP contribution in [0.1, 0.15) is 33.6 Å². The molecular formula is C29H36N4O4. The molecule has 2 heterocycles. The van der Waals surface area contributed by atoms with E-state index in [-0.39, 0.29) is 12.6 Å². The number of hydrogen-bond acceptors (Lipinski definition) is 8. The molecule has 8 heteroatoms. The van der Waals surface area contributed by atoms with E-state index in [1.165, 1.54) is 0 Å². The molecule has 0 radical (unpaired) electrons. The first-order valence-corrected chi connectivity index (χ1v) is 12.7. The first-order chi connectivity index (χ1) is 17.8. The highest BCUT2D eigenvalue weighted by Crippen LogP contribution is 2.35. The number of nitrogens with zero attached hydrogens (tertiary/aromatic N) is 4. The van der Waals surface area contributed by atoms with Gasteiger partial charge in [-0.25, -0.2) is 9.78 Å². The molecule has 1 fully saturated rings. The van der Waals surface area contributed by atoms with Crippen LogP contribution in [0.3, 0.4) is 0 Å². The highest BCUT2D eigenvalue weighted by atomic mass is 16.6. The molecule has 1 aliphatic rings. The molecule has 1 saturated heterocycles. The van der Waals surface area contributed by atoms with Crippen molar-refractivity contribution in [3.05, 3.63) is 67.0 Å². The van der Waals surface area contributed by atoms with Gasteiger partial charge in [-0.3, -0.25) is 9.88 Å². The topological polar surface area (TPSA) is 77.0 Å². The number of ether oxygens (including phenoxy) is 3. The Morgan fingerprint density at radius 2 is 1.76 bits per heavy atom. The SMILES string of the molecule is COc1cccc(N(c2ccccc2)c2cncc(N3CCC(COCC(=O)OC(C)(C)C)CC3)n2)c1. The average Bonchev–Trinajstić information content (AvgIpc) is 2.89. The third-order valence-corrected chi connectivity index (χ3v) is 6.10. The summed E-state index contributed by atoms with van der Waals surface area (Å²) in [5.74, 6) is 2.43. The number of hydrogen-bond donors (Lipinski definition) is 0. The maximum Gasteiger partial charge on any atom is 0.332 e. The highest BCUT2D eigenvalue weighted by molar-refractivity contribution is 5.75. The number of esters is 1. The van der Waals surface area contributed by atoms with Gasteiger partial charge in [-0.2, -0.15) is 0 Å². The van der Waals surface area contributed by atoms with Crippen molar-refractivity contribution in [1.82, 2.24) is 9.97 Å². The van der Waals surface area contributed by atoms with E-state index in [1.807, 2.05) is 69.4 Å². The molecule has 196 valence electrons. The minimum atomic E-state index is -0.496. The Morgan fingerprint density at radius 1 is 1.03 bits per heavy atom. The Hall–Kier alpha value is -3.65. The number of piperidine rings is 1. The average molecular weight is 505 g/mol. The number of benzene rings is 2. The first kappa shape index (κ1) is 26.4. The normalized spacial score (nSPS) is 14.3. The second kappa shape index (κ2) is 12.1. The van der Waals surface area contributed by atoms with E-state index in [9.17, 15) is 4.79 Å². The molecule has 0 aliphatic carbocycles. The molecule has 3 aromatic rings. The summed E-state index contributed by atoms with van der Waals surface area (Å²) in [6, 6.07) is 18.0. The van der Waals surface area contributed by atoms with Gasteiger partial charge in [-0.05, 0) is 63.8 Å². The van der Waals surface area contributed by atoms with Crippen molar-refractivity contribution >= 4 is 29.0 Å². The molecule has 37 heavy (non-hydrogen) atoms. The zero-order chi connectivity index (χ0) is 26.3. The summed E-state index contributed by atoms with van der Waals surface area (Å²) in [7, 11) is 1.67. The van der Waals surface area contributed by atoms with Crippen LogP contribution in [0.4, 0.5) is 23.0 Å². The Bertz CT molecular complexity index is 1160. The van der Waals surface area contributed by atoms with E-state index in [4.69, 9.17) is 19.2 Å². The van der Waals surface area contributed by atoms with Gasteiger partial charge in [-0.1, -0.05) is 24.3 Å². The maximum atomic E-state index is 11.9. The standard InChI is InChI=1S/C29H36N4O4/c1-29(2,3)37-28(34)21-36-20-22-13-15-32(16-14-22)26-18-30-19-27(31-26)33(23-9-6-5-7-10-23)24-11-8-12-25(17-24)35-4/h5-12,17-19,22H,13-16,20-21H2,1-4H3. The van der Waals surface area contributed by atoms with E-state index < -0.39 is 5.60 Å². The summed E-state index contributed by atoms with van der Waals surface area (Å²) in [4.78, 5) is 25.8. The van der Waals surface area contributed by atoms with Crippen LogP contribution in [0.2, 0.25) is 0 Å². The predicted octanol–water partition coefficient (Wildman–Crippen LogP) is 5.53. The van der Waals surface area contributed by atoms with Crippen LogP contribution >= 0.6 is 0 Å². The van der Waals surface area contributed by atoms with E-state index in [1.54, 1.807) is 13.3 Å². The molecule has 0 spiro atoms. The number of para-hydroxylation sites is 1. The molecule has 0 saturated carbocycles. The van der Waals surface area contributed by atoms with Gasteiger partial charge in [-0.15, -0.1) is 0 Å². The number of carbonyl (C=O) groups excluding carboxylic acids is 1. The van der Waals surface area contributed by atoms with Gasteiger partial charge in [0.25, 0.3) is 0 Å². The van der Waals surface area contributed by atoms with Crippen LogP contribution in [-0.4, -0.2) is 55.0 Å². The Balaban J connectivity index is 1.42. The Kier molecular flexibility index (Phi) is 8.61. The monoisotopic (exact) mass is 504 g/mol. The van der Waals surface area contributed by atoms with Crippen LogP contribution in [-0.2, 0) is 14.3 Å². The van der Waals surface area contributed by atoms with Crippen LogP contribution < -0.4 is 14.5 Å². The molecule has 0 bridgehead atoms. The second-order valence-electron chi connectivity index (χ2n) is 10.1. The van der Waals surface area contributed by atoms with Crippen molar-refractivity contribution < 1.29 is 19.0 Å². The molecule has 8 nitrogen and oxygen atoms in total. The van der Waals surface area contributed by atoms with Gasteiger partial charge in [0.2, 0.25) is 0 Å². The maximum absolute atomic E-state index is 11.9. The predicted molar refractivity (Wildman–Crippen MR) is 145 cm³/mol. The highest BCUT2D eigenvalue weighted by Gasteiger charge is 2.23. The lowest BCUT2D eigenvalue weighted by molar-refractivity contribution is -0.160. The van der Waals surface area contributed by atoms with Gasteiger partial charge < -0.3 is 19.1 Å². The summed E-state index contributed by atoms with van der Waals surface area (Å²) in [6.07, 6.45) is 5.52. The summed E-state index contributed by atoms with van der Waals surface area (Å²) in [5, 5.41) is 0. The lowest BCUT2D eigenvalue weighted by atomic mass is 9.98.